The van der Waals surface area contributed by atoms with Crippen LogP contribution in [-0.4, -0.2) is 32.8 Å². The van der Waals surface area contributed by atoms with Crippen LogP contribution in [-0.2, 0) is 18.2 Å². The highest BCUT2D eigenvalue weighted by atomic mass is 31.2. The smallest absolute Gasteiger partial charge is 0.303 e. The van der Waals surface area contributed by atoms with Crippen LogP contribution in [0.25, 0.3) is 0 Å². The molecule has 128 valence electrons. The summed E-state index contributed by atoms with van der Waals surface area (Å²) in [5.74, 6) is 1.20. The molecule has 3 unspecified atom stereocenters. The zero-order valence-corrected chi connectivity index (χ0v) is 13.9. The van der Waals surface area contributed by atoms with E-state index in [1.54, 1.807) is 0 Å². The highest BCUT2D eigenvalue weighted by Gasteiger charge is 2.57. The predicted molar refractivity (Wildman–Crippen MR) is 75.5 cm³/mol. The van der Waals surface area contributed by atoms with E-state index in [2.05, 4.69) is 0 Å². The van der Waals surface area contributed by atoms with Gasteiger partial charge in [-0.3, -0.25) is 9.05 Å². The van der Waals surface area contributed by atoms with Crippen LogP contribution in [0.4, 0.5) is 0 Å². The molecule has 8 nitrogen and oxygen atoms in total. The molecule has 0 radical (unpaired) electrons. The minimum Gasteiger partial charge on any atom is -0.303 e. The summed E-state index contributed by atoms with van der Waals surface area (Å²) < 4.78 is 31.6. The Balaban J connectivity index is 1.78. The Hall–Kier alpha value is 0.220. The summed E-state index contributed by atoms with van der Waals surface area (Å²) in [6, 6.07) is 0. The highest BCUT2D eigenvalue weighted by molar-refractivity contribution is 7.46. The standard InChI is InChI=1S/C12H22O8P2/c13-21(14,15)19-6-11-10-2-8-1-9(3-10)5-12(11,4-8)7-20-22(16,17)18/h8-11H,1-7H2,(H2,13,14,15)(H2,16,17,18). The van der Waals surface area contributed by atoms with Crippen molar-refractivity contribution in [3.63, 3.8) is 0 Å². The van der Waals surface area contributed by atoms with Gasteiger partial charge in [-0.2, -0.15) is 0 Å². The van der Waals surface area contributed by atoms with Gasteiger partial charge < -0.3 is 19.6 Å². The molecular formula is C12H22O8P2. The van der Waals surface area contributed by atoms with Crippen LogP contribution in [0.5, 0.6) is 0 Å². The van der Waals surface area contributed by atoms with Crippen molar-refractivity contribution in [3.05, 3.63) is 0 Å². The van der Waals surface area contributed by atoms with Gasteiger partial charge in [-0.25, -0.2) is 9.13 Å². The monoisotopic (exact) mass is 356 g/mol. The zero-order chi connectivity index (χ0) is 16.2. The molecule has 10 heteroatoms. The lowest BCUT2D eigenvalue weighted by Crippen LogP contribution is -2.55. The van der Waals surface area contributed by atoms with Crippen LogP contribution in [0.15, 0.2) is 0 Å². The van der Waals surface area contributed by atoms with Crippen molar-refractivity contribution in [2.24, 2.45) is 29.1 Å². The van der Waals surface area contributed by atoms with Crippen molar-refractivity contribution in [3.8, 4) is 0 Å². The molecule has 0 aromatic heterocycles. The molecule has 0 spiro atoms. The van der Waals surface area contributed by atoms with Gasteiger partial charge >= 0.3 is 15.6 Å². The summed E-state index contributed by atoms with van der Waals surface area (Å²) in [5.41, 5.74) is -0.439. The maximum Gasteiger partial charge on any atom is 0.469 e. The van der Waals surface area contributed by atoms with Gasteiger partial charge in [-0.05, 0) is 55.8 Å². The van der Waals surface area contributed by atoms with Crippen molar-refractivity contribution in [1.29, 1.82) is 0 Å². The molecule has 4 saturated carbocycles. The van der Waals surface area contributed by atoms with Gasteiger partial charge in [0.15, 0.2) is 0 Å². The largest absolute Gasteiger partial charge is 0.469 e. The first kappa shape index (κ1) is 17.1. The number of rotatable bonds is 6. The maximum atomic E-state index is 11.1. The second kappa shape index (κ2) is 5.64. The fourth-order valence-corrected chi connectivity index (χ4v) is 6.02. The van der Waals surface area contributed by atoms with E-state index in [0.717, 1.165) is 32.1 Å². The van der Waals surface area contributed by atoms with Gasteiger partial charge in [0, 0.05) is 5.41 Å². The van der Waals surface area contributed by atoms with E-state index >= 15 is 0 Å². The number of phosphoric acid groups is 2. The first-order valence-corrected chi connectivity index (χ1v) is 10.5. The van der Waals surface area contributed by atoms with Crippen molar-refractivity contribution < 1.29 is 37.8 Å². The Morgan fingerprint density at radius 1 is 0.909 bits per heavy atom. The number of phosphoric ester groups is 2. The van der Waals surface area contributed by atoms with E-state index in [4.69, 9.17) is 28.6 Å². The summed E-state index contributed by atoms with van der Waals surface area (Å²) in [7, 11) is -9.11. The molecule has 4 bridgehead atoms. The molecule has 4 aliphatic carbocycles. The molecule has 0 saturated heterocycles. The Labute approximate surface area is 128 Å². The van der Waals surface area contributed by atoms with Gasteiger partial charge in [-0.1, -0.05) is 0 Å². The lowest BCUT2D eigenvalue weighted by atomic mass is 9.45. The van der Waals surface area contributed by atoms with Crippen LogP contribution in [0.3, 0.4) is 0 Å². The average molecular weight is 356 g/mol. The highest BCUT2D eigenvalue weighted by Crippen LogP contribution is 2.64. The van der Waals surface area contributed by atoms with Crippen LogP contribution < -0.4 is 0 Å². The van der Waals surface area contributed by atoms with Crippen LogP contribution >= 0.6 is 15.6 Å². The summed E-state index contributed by atoms with van der Waals surface area (Å²) in [4.78, 5) is 35.9. The van der Waals surface area contributed by atoms with Crippen molar-refractivity contribution in [1.82, 2.24) is 0 Å². The SMILES string of the molecule is O=P(O)(O)OCC1C2CC3CC(C2)CC1(COP(=O)(O)O)C3. The topological polar surface area (TPSA) is 134 Å². The molecule has 4 rings (SSSR count). The second-order valence-corrected chi connectivity index (χ2v) is 9.61. The van der Waals surface area contributed by atoms with Crippen molar-refractivity contribution in [2.45, 2.75) is 32.1 Å². The van der Waals surface area contributed by atoms with Gasteiger partial charge in [0.1, 0.15) is 0 Å². The van der Waals surface area contributed by atoms with E-state index in [0.29, 0.717) is 11.8 Å². The Morgan fingerprint density at radius 2 is 1.45 bits per heavy atom. The molecule has 22 heavy (non-hydrogen) atoms. The second-order valence-electron chi connectivity index (χ2n) is 7.13. The summed E-state index contributed by atoms with van der Waals surface area (Å²) in [6.45, 7) is -0.158. The third-order valence-electron chi connectivity index (χ3n) is 5.63. The molecular weight excluding hydrogens is 334 g/mol. The Bertz CT molecular complexity index is 511. The fraction of sp³-hybridized carbons (Fsp3) is 1.00. The minimum absolute atomic E-state index is 0.0734. The third-order valence-corrected chi connectivity index (χ3v) is 6.58. The van der Waals surface area contributed by atoms with Crippen molar-refractivity contribution in [2.75, 3.05) is 13.2 Å². The normalized spacial score (nSPS) is 41.1. The van der Waals surface area contributed by atoms with E-state index < -0.39 is 21.1 Å². The van der Waals surface area contributed by atoms with Gasteiger partial charge in [0.05, 0.1) is 13.2 Å². The lowest BCUT2D eigenvalue weighted by Gasteiger charge is -2.61. The molecule has 3 atom stereocenters. The quantitative estimate of drug-likeness (QED) is 0.528. The van der Waals surface area contributed by atoms with Gasteiger partial charge in [0.25, 0.3) is 0 Å². The molecule has 0 amide bonds. The molecule has 0 heterocycles. The molecule has 4 N–H and O–H groups in total. The molecule has 4 aliphatic rings. The summed E-state index contributed by atoms with van der Waals surface area (Å²) in [5, 5.41) is 0. The van der Waals surface area contributed by atoms with Gasteiger partial charge in [-0.15, -0.1) is 0 Å². The molecule has 0 aromatic rings. The summed E-state index contributed by atoms with van der Waals surface area (Å²) in [6.07, 6.45) is 4.72. The lowest BCUT2D eigenvalue weighted by molar-refractivity contribution is -0.142. The van der Waals surface area contributed by atoms with Crippen molar-refractivity contribution >= 4 is 15.6 Å². The first-order chi connectivity index (χ1) is 10.1. The average Bonchev–Trinajstić information content (AvgIpc) is 2.32. The Kier molecular flexibility index (Phi) is 4.37. The minimum atomic E-state index is -4.56. The Morgan fingerprint density at radius 3 is 1.95 bits per heavy atom. The van der Waals surface area contributed by atoms with Crippen LogP contribution in [0, 0.1) is 29.1 Å². The van der Waals surface area contributed by atoms with E-state index in [9.17, 15) is 9.13 Å². The first-order valence-electron chi connectivity index (χ1n) is 7.46. The molecule has 0 aromatic carbocycles. The van der Waals surface area contributed by atoms with E-state index in [1.807, 2.05) is 0 Å². The van der Waals surface area contributed by atoms with E-state index in [1.165, 1.54) is 0 Å². The van der Waals surface area contributed by atoms with Gasteiger partial charge in [0.2, 0.25) is 0 Å². The maximum absolute atomic E-state index is 11.1. The van der Waals surface area contributed by atoms with Crippen LogP contribution in [0.2, 0.25) is 0 Å². The third kappa shape index (κ3) is 3.65. The number of hydrogen-bond acceptors (Lipinski definition) is 4. The van der Waals surface area contributed by atoms with E-state index in [-0.39, 0.29) is 25.0 Å². The zero-order valence-electron chi connectivity index (χ0n) is 12.1. The number of hydrogen-bond donors (Lipinski definition) is 4. The fourth-order valence-electron chi connectivity index (χ4n) is 5.24. The van der Waals surface area contributed by atoms with Crippen LogP contribution in [0.1, 0.15) is 32.1 Å². The summed E-state index contributed by atoms with van der Waals surface area (Å²) >= 11 is 0. The predicted octanol–water partition coefficient (Wildman–Crippen LogP) is 1.65. The molecule has 0 aliphatic heterocycles. The molecule has 4 fully saturated rings.